The molecule has 0 unspecified atom stereocenters. The fraction of sp³-hybridized carbons (Fsp3) is 0. The zero-order valence-corrected chi connectivity index (χ0v) is 15.3. The van der Waals surface area contributed by atoms with Gasteiger partial charge < -0.3 is 9.84 Å². The van der Waals surface area contributed by atoms with Crippen molar-refractivity contribution < 1.29 is 14.6 Å². The lowest BCUT2D eigenvalue weighted by Gasteiger charge is -2.05. The Balaban J connectivity index is 1.55. The maximum absolute atomic E-state index is 12.2. The molecular formula is C19H12ClN3O3S. The number of anilines is 1. The zero-order chi connectivity index (χ0) is 18.8. The number of aromatic hydroxyl groups is 1. The fourth-order valence-corrected chi connectivity index (χ4v) is 3.40. The van der Waals surface area contributed by atoms with Crippen molar-refractivity contribution >= 4 is 44.2 Å². The summed E-state index contributed by atoms with van der Waals surface area (Å²) < 4.78 is 6.66. The third-order valence-corrected chi connectivity index (χ3v) is 4.82. The first kappa shape index (κ1) is 17.3. The van der Waals surface area contributed by atoms with Crippen LogP contribution >= 0.6 is 22.9 Å². The highest BCUT2D eigenvalue weighted by molar-refractivity contribution is 7.22. The molecule has 0 aliphatic rings. The summed E-state index contributed by atoms with van der Waals surface area (Å²) in [5, 5.41) is 13.4. The molecule has 8 heteroatoms. The zero-order valence-electron chi connectivity index (χ0n) is 13.7. The summed E-state index contributed by atoms with van der Waals surface area (Å²) in [6, 6.07) is 15.5. The van der Waals surface area contributed by atoms with E-state index in [4.69, 9.17) is 16.3 Å². The van der Waals surface area contributed by atoms with Crippen LogP contribution in [-0.2, 0) is 0 Å². The topological polar surface area (TPSA) is 84.3 Å². The molecule has 27 heavy (non-hydrogen) atoms. The number of thiazole rings is 1. The van der Waals surface area contributed by atoms with Gasteiger partial charge in [-0.25, -0.2) is 9.97 Å². The highest BCUT2D eigenvalue weighted by Crippen LogP contribution is 2.32. The molecule has 0 aliphatic carbocycles. The lowest BCUT2D eigenvalue weighted by molar-refractivity contribution is 0.101. The summed E-state index contributed by atoms with van der Waals surface area (Å²) in [6.45, 7) is 0. The van der Waals surface area contributed by atoms with Crippen LogP contribution < -0.4 is 10.1 Å². The number of benzene rings is 2. The number of hydrogen-bond donors (Lipinski definition) is 2. The molecule has 2 aromatic carbocycles. The van der Waals surface area contributed by atoms with Gasteiger partial charge in [0, 0.05) is 17.3 Å². The Morgan fingerprint density at radius 3 is 2.67 bits per heavy atom. The van der Waals surface area contributed by atoms with Gasteiger partial charge in [-0.05, 0) is 48.5 Å². The van der Waals surface area contributed by atoms with Gasteiger partial charge in [-0.15, -0.1) is 0 Å². The van der Waals surface area contributed by atoms with E-state index in [9.17, 15) is 9.90 Å². The second-order valence-electron chi connectivity index (χ2n) is 5.53. The Kier molecular flexibility index (Phi) is 4.62. The maximum Gasteiger partial charge on any atom is 0.279 e. The van der Waals surface area contributed by atoms with E-state index >= 15 is 0 Å². The minimum Gasteiger partial charge on any atom is -0.505 e. The molecule has 134 valence electrons. The highest BCUT2D eigenvalue weighted by atomic mass is 35.5. The molecule has 4 rings (SSSR count). The highest BCUT2D eigenvalue weighted by Gasteiger charge is 2.15. The molecule has 0 bridgehead atoms. The van der Waals surface area contributed by atoms with Gasteiger partial charge in [0.1, 0.15) is 17.2 Å². The Morgan fingerprint density at radius 1 is 1.11 bits per heavy atom. The number of nitrogens with zero attached hydrogens (tertiary/aromatic N) is 2. The SMILES string of the molecule is O=C(Nc1nc2ccc(Oc3ccc(Cl)cc3)cc2s1)c1ncccc1O. The Morgan fingerprint density at radius 2 is 1.89 bits per heavy atom. The standard InChI is InChI=1S/C19H12ClN3O3S/c20-11-3-5-12(6-4-11)26-13-7-8-14-16(10-13)27-19(22-14)23-18(25)17-15(24)2-1-9-21-17/h1-10,24H,(H,22,23,25). The molecule has 0 saturated carbocycles. The van der Waals surface area contributed by atoms with E-state index < -0.39 is 5.91 Å². The summed E-state index contributed by atoms with van der Waals surface area (Å²) in [6.07, 6.45) is 1.44. The first-order valence-corrected chi connectivity index (χ1v) is 9.07. The van der Waals surface area contributed by atoms with Crippen molar-refractivity contribution in [3.8, 4) is 17.2 Å². The molecule has 2 aromatic heterocycles. The van der Waals surface area contributed by atoms with Crippen molar-refractivity contribution in [1.29, 1.82) is 0 Å². The molecule has 1 amide bonds. The van der Waals surface area contributed by atoms with Crippen LogP contribution in [0, 0.1) is 0 Å². The number of pyridine rings is 1. The average molecular weight is 398 g/mol. The van der Waals surface area contributed by atoms with Gasteiger partial charge in [-0.3, -0.25) is 10.1 Å². The van der Waals surface area contributed by atoms with E-state index in [1.807, 2.05) is 12.1 Å². The number of rotatable bonds is 4. The first-order valence-electron chi connectivity index (χ1n) is 7.88. The monoisotopic (exact) mass is 397 g/mol. The van der Waals surface area contributed by atoms with Gasteiger partial charge in [0.05, 0.1) is 10.2 Å². The lowest BCUT2D eigenvalue weighted by atomic mass is 10.3. The van der Waals surface area contributed by atoms with Crippen LogP contribution in [0.1, 0.15) is 10.5 Å². The molecule has 0 atom stereocenters. The minimum absolute atomic E-state index is 0.0523. The summed E-state index contributed by atoms with van der Waals surface area (Å²) >= 11 is 7.17. The summed E-state index contributed by atoms with van der Waals surface area (Å²) in [4.78, 5) is 20.5. The third-order valence-electron chi connectivity index (χ3n) is 3.63. The molecule has 0 spiro atoms. The number of amides is 1. The molecule has 0 radical (unpaired) electrons. The number of aromatic nitrogens is 2. The molecule has 4 aromatic rings. The molecule has 0 aliphatic heterocycles. The number of carbonyl (C=O) groups is 1. The van der Waals surface area contributed by atoms with Crippen molar-refractivity contribution in [1.82, 2.24) is 9.97 Å². The van der Waals surface area contributed by atoms with E-state index in [1.165, 1.54) is 23.6 Å². The Hall–Kier alpha value is -3.16. The third kappa shape index (κ3) is 3.84. The average Bonchev–Trinajstić information content (AvgIpc) is 3.05. The lowest BCUT2D eigenvalue weighted by Crippen LogP contribution is -2.13. The normalized spacial score (nSPS) is 10.7. The van der Waals surface area contributed by atoms with Crippen molar-refractivity contribution in [3.05, 3.63) is 71.5 Å². The van der Waals surface area contributed by atoms with Gasteiger partial charge in [0.25, 0.3) is 5.91 Å². The largest absolute Gasteiger partial charge is 0.505 e. The van der Waals surface area contributed by atoms with Crippen LogP contribution in [-0.4, -0.2) is 21.0 Å². The predicted octanol–water partition coefficient (Wildman–Crippen LogP) is 5.09. The maximum atomic E-state index is 12.2. The van der Waals surface area contributed by atoms with E-state index in [2.05, 4.69) is 15.3 Å². The van der Waals surface area contributed by atoms with Crippen molar-refractivity contribution in [3.63, 3.8) is 0 Å². The smallest absolute Gasteiger partial charge is 0.279 e. The van der Waals surface area contributed by atoms with Gasteiger partial charge in [0.2, 0.25) is 0 Å². The molecular weight excluding hydrogens is 386 g/mol. The van der Waals surface area contributed by atoms with Crippen molar-refractivity contribution in [2.45, 2.75) is 0 Å². The number of hydrogen-bond acceptors (Lipinski definition) is 6. The molecule has 2 heterocycles. The second-order valence-corrected chi connectivity index (χ2v) is 7.00. The van der Waals surface area contributed by atoms with Crippen LogP contribution in [0.2, 0.25) is 5.02 Å². The van der Waals surface area contributed by atoms with Crippen LogP contribution in [0.25, 0.3) is 10.2 Å². The summed E-state index contributed by atoms with van der Waals surface area (Å²) in [5.74, 6) is 0.607. The second kappa shape index (κ2) is 7.22. The quantitative estimate of drug-likeness (QED) is 0.500. The number of nitrogens with one attached hydrogen (secondary N) is 1. The van der Waals surface area contributed by atoms with E-state index in [1.54, 1.807) is 36.4 Å². The number of halogens is 1. The fourth-order valence-electron chi connectivity index (χ4n) is 2.39. The predicted molar refractivity (Wildman–Crippen MR) is 105 cm³/mol. The van der Waals surface area contributed by atoms with Gasteiger partial charge >= 0.3 is 0 Å². The van der Waals surface area contributed by atoms with Crippen LogP contribution in [0.3, 0.4) is 0 Å². The molecule has 0 saturated heterocycles. The molecule has 0 fully saturated rings. The Bertz CT molecular complexity index is 1130. The Labute approximate surface area is 163 Å². The van der Waals surface area contributed by atoms with Crippen LogP contribution in [0.15, 0.2) is 60.8 Å². The minimum atomic E-state index is -0.523. The van der Waals surface area contributed by atoms with Gasteiger partial charge in [-0.1, -0.05) is 22.9 Å². The van der Waals surface area contributed by atoms with Crippen LogP contribution in [0.5, 0.6) is 17.2 Å². The molecule has 2 N–H and O–H groups in total. The van der Waals surface area contributed by atoms with E-state index in [0.717, 1.165) is 10.2 Å². The molecule has 6 nitrogen and oxygen atoms in total. The van der Waals surface area contributed by atoms with Crippen molar-refractivity contribution in [2.75, 3.05) is 5.32 Å². The first-order chi connectivity index (χ1) is 13.1. The van der Waals surface area contributed by atoms with Gasteiger partial charge in [-0.2, -0.15) is 0 Å². The number of fused-ring (bicyclic) bond motifs is 1. The summed E-state index contributed by atoms with van der Waals surface area (Å²) in [5.41, 5.74) is 0.674. The van der Waals surface area contributed by atoms with Crippen molar-refractivity contribution in [2.24, 2.45) is 0 Å². The van der Waals surface area contributed by atoms with E-state index in [-0.39, 0.29) is 11.4 Å². The van der Waals surface area contributed by atoms with E-state index in [0.29, 0.717) is 21.7 Å². The number of carbonyl (C=O) groups excluding carboxylic acids is 1. The van der Waals surface area contributed by atoms with Gasteiger partial charge in [0.15, 0.2) is 10.8 Å². The van der Waals surface area contributed by atoms with Crippen LogP contribution in [0.4, 0.5) is 5.13 Å². The number of ether oxygens (including phenoxy) is 1. The summed E-state index contributed by atoms with van der Waals surface area (Å²) in [7, 11) is 0.